The van der Waals surface area contributed by atoms with E-state index in [0.717, 1.165) is 95.9 Å². The molecule has 2 heterocycles. The van der Waals surface area contributed by atoms with Crippen LogP contribution in [0.2, 0.25) is 0 Å². The molecule has 3 rings (SSSR count). The van der Waals surface area contributed by atoms with Crippen LogP contribution < -0.4 is 20.1 Å². The summed E-state index contributed by atoms with van der Waals surface area (Å²) >= 11 is 0. The minimum Gasteiger partial charge on any atom is -0.497 e. The van der Waals surface area contributed by atoms with Crippen LogP contribution in [-0.2, 0) is 11.3 Å². The zero-order valence-electron chi connectivity index (χ0n) is 19.8. The molecule has 0 amide bonds. The van der Waals surface area contributed by atoms with Crippen LogP contribution in [0.5, 0.6) is 11.5 Å². The molecule has 1 atom stereocenters. The zero-order valence-corrected chi connectivity index (χ0v) is 22.1. The number of nitrogens with zero attached hydrogens (tertiary/aromatic N) is 3. The molecule has 2 aliphatic rings. The molecule has 2 aliphatic heterocycles. The molecule has 2 saturated heterocycles. The second-order valence-corrected chi connectivity index (χ2v) is 8.15. The summed E-state index contributed by atoms with van der Waals surface area (Å²) in [6.45, 7) is 11.7. The Morgan fingerprint density at radius 2 is 1.81 bits per heavy atom. The number of methoxy groups -OCH3 is 2. The molecule has 1 unspecified atom stereocenters. The van der Waals surface area contributed by atoms with E-state index in [0.29, 0.717) is 6.04 Å². The van der Waals surface area contributed by atoms with Crippen LogP contribution in [0.4, 0.5) is 0 Å². The lowest BCUT2D eigenvalue weighted by Crippen LogP contribution is -2.44. The van der Waals surface area contributed by atoms with Crippen LogP contribution in [-0.4, -0.2) is 95.0 Å². The summed E-state index contributed by atoms with van der Waals surface area (Å²) in [4.78, 5) is 9.73. The van der Waals surface area contributed by atoms with Crippen molar-refractivity contribution < 1.29 is 14.2 Å². The van der Waals surface area contributed by atoms with Crippen molar-refractivity contribution in [3.05, 3.63) is 23.8 Å². The van der Waals surface area contributed by atoms with Crippen LogP contribution in [0.15, 0.2) is 23.2 Å². The Morgan fingerprint density at radius 3 is 2.47 bits per heavy atom. The molecule has 32 heavy (non-hydrogen) atoms. The number of guanidine groups is 1. The zero-order chi connectivity index (χ0) is 21.9. The molecule has 0 saturated carbocycles. The van der Waals surface area contributed by atoms with Crippen molar-refractivity contribution in [2.75, 3.05) is 73.2 Å². The van der Waals surface area contributed by atoms with Crippen molar-refractivity contribution in [3.8, 4) is 11.5 Å². The van der Waals surface area contributed by atoms with E-state index in [2.05, 4.69) is 39.5 Å². The second kappa shape index (κ2) is 14.8. The number of hydrogen-bond donors (Lipinski definition) is 2. The van der Waals surface area contributed by atoms with Gasteiger partial charge in [-0.1, -0.05) is 0 Å². The average molecular weight is 562 g/mol. The van der Waals surface area contributed by atoms with Crippen LogP contribution in [0, 0.1) is 0 Å². The first-order valence-corrected chi connectivity index (χ1v) is 11.5. The van der Waals surface area contributed by atoms with Crippen LogP contribution in [0.3, 0.4) is 0 Å². The summed E-state index contributed by atoms with van der Waals surface area (Å²) in [6.07, 6.45) is 2.18. The van der Waals surface area contributed by atoms with E-state index in [-0.39, 0.29) is 24.0 Å². The number of rotatable bonds is 10. The van der Waals surface area contributed by atoms with Crippen molar-refractivity contribution in [2.24, 2.45) is 4.99 Å². The molecule has 1 aromatic carbocycles. The first-order chi connectivity index (χ1) is 15.2. The first-order valence-electron chi connectivity index (χ1n) is 11.5. The highest BCUT2D eigenvalue weighted by atomic mass is 127. The highest BCUT2D eigenvalue weighted by Crippen LogP contribution is 2.24. The van der Waals surface area contributed by atoms with Gasteiger partial charge in [0.05, 0.1) is 27.4 Å². The predicted octanol–water partition coefficient (Wildman–Crippen LogP) is 2.17. The topological polar surface area (TPSA) is 70.6 Å². The fourth-order valence-corrected chi connectivity index (χ4v) is 4.13. The van der Waals surface area contributed by atoms with Crippen LogP contribution >= 0.6 is 24.0 Å². The summed E-state index contributed by atoms with van der Waals surface area (Å²) in [6, 6.07) is 6.49. The van der Waals surface area contributed by atoms with Gasteiger partial charge in [-0.05, 0) is 37.5 Å². The highest BCUT2D eigenvalue weighted by Gasteiger charge is 2.23. The number of likely N-dealkylation sites (tertiary alicyclic amines) is 1. The normalized spacial score (nSPS) is 20.0. The van der Waals surface area contributed by atoms with Gasteiger partial charge in [0.15, 0.2) is 5.96 Å². The second-order valence-electron chi connectivity index (χ2n) is 8.15. The summed E-state index contributed by atoms with van der Waals surface area (Å²) in [5.74, 6) is 2.60. The number of benzene rings is 1. The number of ether oxygens (including phenoxy) is 3. The van der Waals surface area contributed by atoms with Gasteiger partial charge in [-0.2, -0.15) is 0 Å². The van der Waals surface area contributed by atoms with E-state index in [1.54, 1.807) is 14.2 Å². The molecule has 2 fully saturated rings. The van der Waals surface area contributed by atoms with Crippen molar-refractivity contribution >= 4 is 29.9 Å². The van der Waals surface area contributed by atoms with E-state index in [1.165, 1.54) is 5.56 Å². The lowest BCUT2D eigenvalue weighted by Gasteiger charge is -2.26. The average Bonchev–Trinajstić information content (AvgIpc) is 3.23. The summed E-state index contributed by atoms with van der Waals surface area (Å²) in [5.41, 5.74) is 1.21. The molecule has 8 nitrogen and oxygen atoms in total. The molecule has 0 aliphatic carbocycles. The molecule has 0 aromatic heterocycles. The van der Waals surface area contributed by atoms with Gasteiger partial charge in [-0.15, -0.1) is 24.0 Å². The monoisotopic (exact) mass is 561 g/mol. The lowest BCUT2D eigenvalue weighted by molar-refractivity contribution is 0.0377. The third-order valence-electron chi connectivity index (χ3n) is 5.78. The minimum atomic E-state index is 0. The van der Waals surface area contributed by atoms with Gasteiger partial charge in [0.25, 0.3) is 0 Å². The molecular formula is C23H40IN5O3. The standard InChI is InChI=1S/C23H39N5O3.HI/c1-4-24-23(25-7-5-8-27-10-12-31-13-11-27)26-20-6-9-28(18-20)17-19-14-21(29-2)16-22(15-19)30-3;/h14-16,20H,4-13,17-18H2,1-3H3,(H2,24,25,26);1H. The molecule has 182 valence electrons. The smallest absolute Gasteiger partial charge is 0.191 e. The van der Waals surface area contributed by atoms with E-state index in [9.17, 15) is 0 Å². The summed E-state index contributed by atoms with van der Waals surface area (Å²) in [7, 11) is 3.38. The Balaban J connectivity index is 0.00000363. The largest absolute Gasteiger partial charge is 0.497 e. The quantitative estimate of drug-likeness (QED) is 0.197. The predicted molar refractivity (Wildman–Crippen MR) is 140 cm³/mol. The van der Waals surface area contributed by atoms with Gasteiger partial charge in [0, 0.05) is 64.5 Å². The lowest BCUT2D eigenvalue weighted by atomic mass is 10.2. The maximum absolute atomic E-state index is 5.41. The number of morpholine rings is 1. The number of aliphatic imine (C=N–C) groups is 1. The van der Waals surface area contributed by atoms with Gasteiger partial charge < -0.3 is 24.8 Å². The molecule has 0 radical (unpaired) electrons. The molecule has 1 aromatic rings. The summed E-state index contributed by atoms with van der Waals surface area (Å²) in [5, 5.41) is 7.03. The van der Waals surface area contributed by atoms with Crippen molar-refractivity contribution in [1.29, 1.82) is 0 Å². The molecule has 9 heteroatoms. The maximum Gasteiger partial charge on any atom is 0.191 e. The highest BCUT2D eigenvalue weighted by molar-refractivity contribution is 14.0. The number of hydrogen-bond acceptors (Lipinski definition) is 6. The SMILES string of the molecule is CCNC(=NCCCN1CCOCC1)NC1CCN(Cc2cc(OC)cc(OC)c2)C1.I. The van der Waals surface area contributed by atoms with Gasteiger partial charge in [-0.25, -0.2) is 0 Å². The maximum atomic E-state index is 5.41. The molecular weight excluding hydrogens is 521 g/mol. The molecule has 0 spiro atoms. The van der Waals surface area contributed by atoms with E-state index >= 15 is 0 Å². The Hall–Kier alpha value is -1.30. The molecule has 2 N–H and O–H groups in total. The van der Waals surface area contributed by atoms with Crippen molar-refractivity contribution in [2.45, 2.75) is 32.4 Å². The Kier molecular flexibility index (Phi) is 12.4. The minimum absolute atomic E-state index is 0. The van der Waals surface area contributed by atoms with Crippen molar-refractivity contribution in [1.82, 2.24) is 20.4 Å². The Labute approximate surface area is 210 Å². The summed E-state index contributed by atoms with van der Waals surface area (Å²) < 4.78 is 16.2. The van der Waals surface area contributed by atoms with E-state index in [4.69, 9.17) is 19.2 Å². The van der Waals surface area contributed by atoms with Crippen LogP contribution in [0.1, 0.15) is 25.3 Å². The van der Waals surface area contributed by atoms with Gasteiger partial charge in [-0.3, -0.25) is 14.8 Å². The van der Waals surface area contributed by atoms with Crippen LogP contribution in [0.25, 0.3) is 0 Å². The Morgan fingerprint density at radius 1 is 1.09 bits per heavy atom. The molecule has 0 bridgehead atoms. The van der Waals surface area contributed by atoms with E-state index in [1.807, 2.05) is 6.07 Å². The van der Waals surface area contributed by atoms with Gasteiger partial charge >= 0.3 is 0 Å². The fourth-order valence-electron chi connectivity index (χ4n) is 4.13. The van der Waals surface area contributed by atoms with Crippen molar-refractivity contribution in [3.63, 3.8) is 0 Å². The number of halogens is 1. The van der Waals surface area contributed by atoms with E-state index < -0.39 is 0 Å². The third-order valence-corrected chi connectivity index (χ3v) is 5.78. The first kappa shape index (κ1) is 26.9. The number of nitrogens with one attached hydrogen (secondary N) is 2. The Bertz CT molecular complexity index is 678. The third kappa shape index (κ3) is 8.92. The fraction of sp³-hybridized carbons (Fsp3) is 0.696. The van der Waals surface area contributed by atoms with Gasteiger partial charge in [0.2, 0.25) is 0 Å². The van der Waals surface area contributed by atoms with Gasteiger partial charge in [0.1, 0.15) is 11.5 Å².